The first-order chi connectivity index (χ1) is 9.18. The highest BCUT2D eigenvalue weighted by molar-refractivity contribution is 5.76. The van der Waals surface area contributed by atoms with Gasteiger partial charge in [0, 0.05) is 12.5 Å². The van der Waals surface area contributed by atoms with Crippen molar-refractivity contribution in [2.75, 3.05) is 6.61 Å². The minimum absolute atomic E-state index is 0.155. The molecule has 1 aliphatic carbocycles. The standard InChI is InChI=1S/C16H31NO2/c1-14(2)19-13-12-16(18)17-15-10-8-6-4-3-5-7-9-11-15/h14-15H,3-13H2,1-2H3,(H,17,18). The molecule has 0 aromatic heterocycles. The van der Waals surface area contributed by atoms with Crippen LogP contribution >= 0.6 is 0 Å². The highest BCUT2D eigenvalue weighted by atomic mass is 16.5. The zero-order valence-electron chi connectivity index (χ0n) is 12.7. The van der Waals surface area contributed by atoms with Gasteiger partial charge < -0.3 is 10.1 Å². The van der Waals surface area contributed by atoms with Gasteiger partial charge in [0.05, 0.1) is 12.7 Å². The van der Waals surface area contributed by atoms with Gasteiger partial charge in [-0.15, -0.1) is 0 Å². The van der Waals surface area contributed by atoms with Gasteiger partial charge in [-0.25, -0.2) is 0 Å². The molecule has 112 valence electrons. The predicted molar refractivity (Wildman–Crippen MR) is 79.2 cm³/mol. The molecule has 1 aliphatic rings. The van der Waals surface area contributed by atoms with E-state index in [-0.39, 0.29) is 12.0 Å². The molecule has 19 heavy (non-hydrogen) atoms. The Morgan fingerprint density at radius 1 is 1.05 bits per heavy atom. The lowest BCUT2D eigenvalue weighted by molar-refractivity contribution is -0.123. The van der Waals surface area contributed by atoms with Crippen LogP contribution in [0.3, 0.4) is 0 Å². The maximum atomic E-state index is 11.9. The quantitative estimate of drug-likeness (QED) is 0.824. The van der Waals surface area contributed by atoms with Crippen LogP contribution in [0.4, 0.5) is 0 Å². The molecule has 0 unspecified atom stereocenters. The number of hydrogen-bond acceptors (Lipinski definition) is 2. The number of ether oxygens (including phenoxy) is 1. The summed E-state index contributed by atoms with van der Waals surface area (Å²) in [6.07, 6.45) is 12.3. The molecular formula is C16H31NO2. The van der Waals surface area contributed by atoms with E-state index in [1.807, 2.05) is 13.8 Å². The van der Waals surface area contributed by atoms with Gasteiger partial charge in [-0.3, -0.25) is 4.79 Å². The average Bonchev–Trinajstić information content (AvgIpc) is 2.36. The molecule has 0 aromatic rings. The summed E-state index contributed by atoms with van der Waals surface area (Å²) in [6.45, 7) is 4.54. The maximum absolute atomic E-state index is 11.9. The fraction of sp³-hybridized carbons (Fsp3) is 0.938. The molecule has 0 heterocycles. The molecule has 1 fully saturated rings. The minimum Gasteiger partial charge on any atom is -0.378 e. The van der Waals surface area contributed by atoms with Crippen molar-refractivity contribution in [3.8, 4) is 0 Å². The van der Waals surface area contributed by atoms with Gasteiger partial charge in [0.2, 0.25) is 5.91 Å². The fourth-order valence-corrected chi connectivity index (χ4v) is 2.64. The zero-order chi connectivity index (χ0) is 13.9. The summed E-state index contributed by atoms with van der Waals surface area (Å²) in [5, 5.41) is 3.19. The van der Waals surface area contributed by atoms with Crippen LogP contribution in [0.15, 0.2) is 0 Å². The first-order valence-electron chi connectivity index (χ1n) is 8.09. The van der Waals surface area contributed by atoms with E-state index >= 15 is 0 Å². The van der Waals surface area contributed by atoms with Gasteiger partial charge in [-0.05, 0) is 26.7 Å². The van der Waals surface area contributed by atoms with Crippen molar-refractivity contribution in [2.45, 2.75) is 90.2 Å². The molecule has 0 saturated heterocycles. The van der Waals surface area contributed by atoms with Gasteiger partial charge >= 0.3 is 0 Å². The van der Waals surface area contributed by atoms with E-state index in [4.69, 9.17) is 4.74 Å². The van der Waals surface area contributed by atoms with Crippen molar-refractivity contribution in [3.05, 3.63) is 0 Å². The Kier molecular flexibility index (Phi) is 8.89. The summed E-state index contributed by atoms with van der Waals surface area (Å²) < 4.78 is 5.42. The summed E-state index contributed by atoms with van der Waals surface area (Å²) in [5.41, 5.74) is 0. The molecule has 1 rings (SSSR count). The Morgan fingerprint density at radius 2 is 1.58 bits per heavy atom. The normalized spacial score (nSPS) is 19.3. The number of hydrogen-bond donors (Lipinski definition) is 1. The number of amides is 1. The maximum Gasteiger partial charge on any atom is 0.222 e. The molecule has 3 heteroatoms. The third-order valence-electron chi connectivity index (χ3n) is 3.75. The van der Waals surface area contributed by atoms with Crippen LogP contribution in [-0.4, -0.2) is 24.7 Å². The van der Waals surface area contributed by atoms with Gasteiger partial charge in [-0.1, -0.05) is 44.9 Å². The monoisotopic (exact) mass is 269 g/mol. The van der Waals surface area contributed by atoms with Crippen LogP contribution in [0.2, 0.25) is 0 Å². The van der Waals surface area contributed by atoms with Gasteiger partial charge in [-0.2, -0.15) is 0 Å². The molecule has 3 nitrogen and oxygen atoms in total. The molecular weight excluding hydrogens is 238 g/mol. The Balaban J connectivity index is 2.20. The van der Waals surface area contributed by atoms with Crippen molar-refractivity contribution in [1.82, 2.24) is 5.32 Å². The second-order valence-electron chi connectivity index (χ2n) is 5.99. The molecule has 0 atom stereocenters. The van der Waals surface area contributed by atoms with E-state index in [1.54, 1.807) is 0 Å². The second-order valence-corrected chi connectivity index (χ2v) is 5.99. The number of carbonyl (C=O) groups excluding carboxylic acids is 1. The lowest BCUT2D eigenvalue weighted by atomic mass is 9.97. The van der Waals surface area contributed by atoms with Gasteiger partial charge in [0.15, 0.2) is 0 Å². The van der Waals surface area contributed by atoms with E-state index in [1.165, 1.54) is 44.9 Å². The van der Waals surface area contributed by atoms with Crippen molar-refractivity contribution >= 4 is 5.91 Å². The van der Waals surface area contributed by atoms with Crippen LogP contribution in [-0.2, 0) is 9.53 Å². The number of carbonyl (C=O) groups is 1. The fourth-order valence-electron chi connectivity index (χ4n) is 2.64. The summed E-state index contributed by atoms with van der Waals surface area (Å²) in [7, 11) is 0. The van der Waals surface area contributed by atoms with E-state index in [9.17, 15) is 4.79 Å². The lowest BCUT2D eigenvalue weighted by Gasteiger charge is -2.20. The smallest absolute Gasteiger partial charge is 0.222 e. The van der Waals surface area contributed by atoms with Crippen LogP contribution in [0.5, 0.6) is 0 Å². The molecule has 1 N–H and O–H groups in total. The summed E-state index contributed by atoms with van der Waals surface area (Å²) in [6, 6.07) is 0.393. The molecule has 0 bridgehead atoms. The minimum atomic E-state index is 0.155. The van der Waals surface area contributed by atoms with Crippen molar-refractivity contribution in [3.63, 3.8) is 0 Å². The molecule has 1 saturated carbocycles. The SMILES string of the molecule is CC(C)OCCC(=O)NC1CCCCCCCCC1. The first kappa shape index (κ1) is 16.5. The van der Waals surface area contributed by atoms with Gasteiger partial charge in [0.25, 0.3) is 0 Å². The third kappa shape index (κ3) is 9.04. The summed E-state index contributed by atoms with van der Waals surface area (Å²) in [4.78, 5) is 11.9. The second kappa shape index (κ2) is 10.2. The first-order valence-corrected chi connectivity index (χ1v) is 8.09. The number of nitrogens with one attached hydrogen (secondary N) is 1. The largest absolute Gasteiger partial charge is 0.378 e. The van der Waals surface area contributed by atoms with Crippen LogP contribution < -0.4 is 5.32 Å². The van der Waals surface area contributed by atoms with E-state index in [0.717, 1.165) is 12.8 Å². The van der Waals surface area contributed by atoms with Crippen LogP contribution in [0.25, 0.3) is 0 Å². The van der Waals surface area contributed by atoms with Gasteiger partial charge in [0.1, 0.15) is 0 Å². The Bertz CT molecular complexity index is 231. The van der Waals surface area contributed by atoms with E-state index in [0.29, 0.717) is 19.1 Å². The molecule has 0 aliphatic heterocycles. The lowest BCUT2D eigenvalue weighted by Crippen LogP contribution is -2.35. The topological polar surface area (TPSA) is 38.3 Å². The Morgan fingerprint density at radius 3 is 2.11 bits per heavy atom. The average molecular weight is 269 g/mol. The zero-order valence-corrected chi connectivity index (χ0v) is 12.7. The Hall–Kier alpha value is -0.570. The molecule has 0 spiro atoms. The Labute approximate surface area is 118 Å². The third-order valence-corrected chi connectivity index (χ3v) is 3.75. The van der Waals surface area contributed by atoms with Crippen LogP contribution in [0, 0.1) is 0 Å². The number of rotatable bonds is 5. The highest BCUT2D eigenvalue weighted by Crippen LogP contribution is 2.17. The van der Waals surface area contributed by atoms with E-state index < -0.39 is 0 Å². The highest BCUT2D eigenvalue weighted by Gasteiger charge is 2.13. The van der Waals surface area contributed by atoms with Crippen molar-refractivity contribution in [2.24, 2.45) is 0 Å². The van der Waals surface area contributed by atoms with E-state index in [2.05, 4.69) is 5.32 Å². The molecule has 1 amide bonds. The molecule has 0 radical (unpaired) electrons. The summed E-state index contributed by atoms with van der Waals surface area (Å²) >= 11 is 0. The van der Waals surface area contributed by atoms with Crippen molar-refractivity contribution < 1.29 is 9.53 Å². The van der Waals surface area contributed by atoms with Crippen molar-refractivity contribution in [1.29, 1.82) is 0 Å². The van der Waals surface area contributed by atoms with Crippen LogP contribution in [0.1, 0.15) is 78.1 Å². The predicted octanol–water partition coefficient (Wildman–Crippen LogP) is 3.81. The summed E-state index contributed by atoms with van der Waals surface area (Å²) in [5.74, 6) is 0.155. The molecule has 0 aromatic carbocycles.